The zero-order valence-corrected chi connectivity index (χ0v) is 16.5. The van der Waals surface area contributed by atoms with Crippen LogP contribution in [0.2, 0.25) is 0 Å². The first-order valence-corrected chi connectivity index (χ1v) is 8.63. The molecule has 1 aromatic carbocycles. The lowest BCUT2D eigenvalue weighted by molar-refractivity contribution is -0.133. The van der Waals surface area contributed by atoms with Gasteiger partial charge in [0, 0.05) is 24.5 Å². The molecule has 0 aliphatic heterocycles. The second-order valence-electron chi connectivity index (χ2n) is 6.46. The van der Waals surface area contributed by atoms with Crippen molar-refractivity contribution in [1.82, 2.24) is 10.2 Å². The van der Waals surface area contributed by atoms with Gasteiger partial charge in [0.2, 0.25) is 11.8 Å². The van der Waals surface area contributed by atoms with Crippen molar-refractivity contribution in [3.05, 3.63) is 28.7 Å². The van der Waals surface area contributed by atoms with E-state index in [0.717, 1.165) is 4.47 Å². The minimum atomic E-state index is -0.589. The van der Waals surface area contributed by atoms with Crippen molar-refractivity contribution < 1.29 is 19.1 Å². The van der Waals surface area contributed by atoms with Crippen LogP contribution in [0, 0.1) is 0 Å². The zero-order chi connectivity index (χ0) is 19.0. The molecule has 8 heteroatoms. The highest BCUT2D eigenvalue weighted by atomic mass is 79.9. The van der Waals surface area contributed by atoms with Gasteiger partial charge >= 0.3 is 6.09 Å². The summed E-state index contributed by atoms with van der Waals surface area (Å²) in [6, 6.07) is 7.21. The molecule has 0 spiro atoms. The average molecular weight is 414 g/mol. The number of benzene rings is 1. The average Bonchev–Trinajstić information content (AvgIpc) is 2.47. The molecule has 0 radical (unpaired) electrons. The van der Waals surface area contributed by atoms with Gasteiger partial charge in [0.15, 0.2) is 0 Å². The highest BCUT2D eigenvalue weighted by Crippen LogP contribution is 2.20. The molecule has 1 aromatic rings. The number of ether oxygens (including phenoxy) is 1. The molecule has 0 unspecified atom stereocenters. The summed E-state index contributed by atoms with van der Waals surface area (Å²) in [6.45, 7) is 5.34. The number of nitrogens with zero attached hydrogens (tertiary/aromatic N) is 1. The fraction of sp³-hybridized carbons (Fsp3) is 0.471. The number of hydrogen-bond donors (Lipinski definition) is 2. The number of hydrogen-bond acceptors (Lipinski definition) is 4. The van der Waals surface area contributed by atoms with Crippen LogP contribution in [0.15, 0.2) is 28.7 Å². The van der Waals surface area contributed by atoms with Gasteiger partial charge in [-0.2, -0.15) is 0 Å². The van der Waals surface area contributed by atoms with Crippen LogP contribution in [0.5, 0.6) is 0 Å². The van der Waals surface area contributed by atoms with E-state index in [-0.39, 0.29) is 31.3 Å². The molecule has 0 heterocycles. The van der Waals surface area contributed by atoms with Crippen LogP contribution in [-0.4, -0.2) is 48.5 Å². The smallest absolute Gasteiger partial charge is 0.407 e. The lowest BCUT2D eigenvalue weighted by atomic mass is 10.2. The molecular weight excluding hydrogens is 390 g/mol. The molecular formula is C17H24BrN3O4. The summed E-state index contributed by atoms with van der Waals surface area (Å²) in [5.74, 6) is -0.554. The predicted molar refractivity (Wildman–Crippen MR) is 99.3 cm³/mol. The second-order valence-corrected chi connectivity index (χ2v) is 7.31. The number of carbonyl (C=O) groups is 3. The monoisotopic (exact) mass is 413 g/mol. The van der Waals surface area contributed by atoms with Gasteiger partial charge in [0.1, 0.15) is 5.60 Å². The first-order chi connectivity index (χ1) is 11.6. The van der Waals surface area contributed by atoms with Gasteiger partial charge in [-0.25, -0.2) is 4.79 Å². The molecule has 2 N–H and O–H groups in total. The lowest BCUT2D eigenvalue weighted by Crippen LogP contribution is -2.38. The van der Waals surface area contributed by atoms with E-state index < -0.39 is 11.7 Å². The third-order valence-corrected chi connectivity index (χ3v) is 3.65. The first-order valence-electron chi connectivity index (χ1n) is 7.83. The minimum absolute atomic E-state index is 0.0768. The Balaban J connectivity index is 2.35. The second kappa shape index (κ2) is 9.41. The fourth-order valence-electron chi connectivity index (χ4n) is 1.83. The number of rotatable bonds is 6. The number of anilines is 1. The van der Waals surface area contributed by atoms with Crippen LogP contribution in [0.4, 0.5) is 10.5 Å². The van der Waals surface area contributed by atoms with Crippen LogP contribution < -0.4 is 10.6 Å². The normalized spacial score (nSPS) is 10.8. The Kier molecular flexibility index (Phi) is 7.89. The number of alkyl carbamates (subject to hydrolysis) is 1. The van der Waals surface area contributed by atoms with Crippen LogP contribution >= 0.6 is 15.9 Å². The SMILES string of the molecule is CN(CC(=O)Nc1ccccc1Br)C(=O)CCNC(=O)OC(C)(C)C. The predicted octanol–water partition coefficient (Wildman–Crippen LogP) is 2.76. The molecule has 25 heavy (non-hydrogen) atoms. The number of amides is 3. The van der Waals surface area contributed by atoms with Crippen molar-refractivity contribution in [1.29, 1.82) is 0 Å². The topological polar surface area (TPSA) is 87.7 Å². The van der Waals surface area contributed by atoms with E-state index in [1.807, 2.05) is 12.1 Å². The maximum Gasteiger partial charge on any atom is 0.407 e. The summed E-state index contributed by atoms with van der Waals surface area (Å²) in [5, 5.41) is 5.24. The Hall–Kier alpha value is -2.09. The Morgan fingerprint density at radius 3 is 2.44 bits per heavy atom. The standard InChI is InChI=1S/C17H24BrN3O4/c1-17(2,3)25-16(24)19-10-9-15(23)21(4)11-14(22)20-13-8-6-5-7-12(13)18/h5-8H,9-11H2,1-4H3,(H,19,24)(H,20,22). The lowest BCUT2D eigenvalue weighted by Gasteiger charge is -2.20. The Labute approximate surface area is 156 Å². The summed E-state index contributed by atoms with van der Waals surface area (Å²) in [6.07, 6.45) is -0.493. The molecule has 0 aromatic heterocycles. The van der Waals surface area contributed by atoms with Crippen molar-refractivity contribution in [2.24, 2.45) is 0 Å². The summed E-state index contributed by atoms with van der Waals surface area (Å²) in [7, 11) is 1.54. The summed E-state index contributed by atoms with van der Waals surface area (Å²) < 4.78 is 5.84. The van der Waals surface area contributed by atoms with Gasteiger partial charge in [-0.15, -0.1) is 0 Å². The molecule has 3 amide bonds. The van der Waals surface area contributed by atoms with E-state index >= 15 is 0 Å². The number of halogens is 1. The molecule has 0 saturated carbocycles. The molecule has 1 rings (SSSR count). The van der Waals surface area contributed by atoms with Crippen molar-refractivity contribution in [3.8, 4) is 0 Å². The quantitative estimate of drug-likeness (QED) is 0.750. The van der Waals surface area contributed by atoms with Gasteiger partial charge in [-0.3, -0.25) is 9.59 Å². The number of nitrogens with one attached hydrogen (secondary N) is 2. The Morgan fingerprint density at radius 1 is 1.20 bits per heavy atom. The van der Waals surface area contributed by atoms with E-state index in [1.165, 1.54) is 11.9 Å². The van der Waals surface area contributed by atoms with E-state index in [1.54, 1.807) is 32.9 Å². The van der Waals surface area contributed by atoms with Gasteiger partial charge in [-0.05, 0) is 48.8 Å². The highest BCUT2D eigenvalue weighted by molar-refractivity contribution is 9.10. The maximum atomic E-state index is 12.0. The maximum absolute atomic E-state index is 12.0. The summed E-state index contributed by atoms with van der Waals surface area (Å²) >= 11 is 3.34. The largest absolute Gasteiger partial charge is 0.444 e. The zero-order valence-electron chi connectivity index (χ0n) is 14.9. The van der Waals surface area contributed by atoms with Crippen LogP contribution in [-0.2, 0) is 14.3 Å². The van der Waals surface area contributed by atoms with E-state index in [4.69, 9.17) is 4.74 Å². The molecule has 0 aliphatic rings. The molecule has 138 valence electrons. The summed E-state index contributed by atoms with van der Waals surface area (Å²) in [5.41, 5.74) is 0.0502. The first kappa shape index (κ1) is 21.0. The summed E-state index contributed by atoms with van der Waals surface area (Å²) in [4.78, 5) is 36.8. The molecule has 7 nitrogen and oxygen atoms in total. The minimum Gasteiger partial charge on any atom is -0.444 e. The van der Waals surface area contributed by atoms with E-state index in [2.05, 4.69) is 26.6 Å². The van der Waals surface area contributed by atoms with Crippen molar-refractivity contribution in [2.75, 3.05) is 25.5 Å². The van der Waals surface area contributed by atoms with Crippen molar-refractivity contribution in [2.45, 2.75) is 32.8 Å². The van der Waals surface area contributed by atoms with Crippen LogP contribution in [0.1, 0.15) is 27.2 Å². The third kappa shape index (κ3) is 8.53. The number of likely N-dealkylation sites (N-methyl/N-ethyl adjacent to an activating group) is 1. The molecule has 0 saturated heterocycles. The van der Waals surface area contributed by atoms with Gasteiger partial charge in [0.25, 0.3) is 0 Å². The molecule has 0 aliphatic carbocycles. The third-order valence-electron chi connectivity index (χ3n) is 2.96. The van der Waals surface area contributed by atoms with Gasteiger partial charge < -0.3 is 20.3 Å². The van der Waals surface area contributed by atoms with Crippen LogP contribution in [0.3, 0.4) is 0 Å². The van der Waals surface area contributed by atoms with Crippen molar-refractivity contribution in [3.63, 3.8) is 0 Å². The highest BCUT2D eigenvalue weighted by Gasteiger charge is 2.17. The van der Waals surface area contributed by atoms with Crippen molar-refractivity contribution >= 4 is 39.5 Å². The Bertz CT molecular complexity index is 629. The van der Waals surface area contributed by atoms with E-state index in [0.29, 0.717) is 5.69 Å². The fourth-order valence-corrected chi connectivity index (χ4v) is 2.22. The Morgan fingerprint density at radius 2 is 1.84 bits per heavy atom. The van der Waals surface area contributed by atoms with Crippen LogP contribution in [0.25, 0.3) is 0 Å². The van der Waals surface area contributed by atoms with Gasteiger partial charge in [-0.1, -0.05) is 12.1 Å². The number of para-hydroxylation sites is 1. The van der Waals surface area contributed by atoms with Gasteiger partial charge in [0.05, 0.1) is 12.2 Å². The van der Waals surface area contributed by atoms with E-state index in [9.17, 15) is 14.4 Å². The molecule has 0 atom stereocenters. The number of carbonyl (C=O) groups excluding carboxylic acids is 3. The molecule has 0 bridgehead atoms. The molecule has 0 fully saturated rings.